The molecule has 4 aromatic rings. The molecule has 2 aromatic heterocycles. The first-order valence-corrected chi connectivity index (χ1v) is 9.51. The number of hydrogen-bond acceptors (Lipinski definition) is 7. The van der Waals surface area contributed by atoms with E-state index in [1.54, 1.807) is 14.2 Å². The molecule has 4 rings (SSSR count). The third-order valence-electron chi connectivity index (χ3n) is 4.79. The predicted octanol–water partition coefficient (Wildman–Crippen LogP) is 4.36. The number of methoxy groups -OCH3 is 2. The Kier molecular flexibility index (Phi) is 5.34. The highest BCUT2D eigenvalue weighted by Crippen LogP contribution is 2.38. The van der Waals surface area contributed by atoms with Crippen LogP contribution in [0, 0.1) is 0 Å². The number of nitrogens with zero attached hydrogens (tertiary/aromatic N) is 3. The van der Waals surface area contributed by atoms with Gasteiger partial charge in [-0.3, -0.25) is 0 Å². The largest absolute Gasteiger partial charge is 0.497 e. The van der Waals surface area contributed by atoms with E-state index in [-0.39, 0.29) is 0 Å². The third-order valence-corrected chi connectivity index (χ3v) is 4.79. The molecule has 0 fully saturated rings. The van der Waals surface area contributed by atoms with E-state index in [4.69, 9.17) is 24.9 Å². The molecule has 152 valence electrons. The lowest BCUT2D eigenvalue weighted by Gasteiger charge is -2.14. The molecule has 0 amide bonds. The van der Waals surface area contributed by atoms with Gasteiger partial charge in [0.05, 0.1) is 31.9 Å². The van der Waals surface area contributed by atoms with Crippen molar-refractivity contribution in [3.63, 3.8) is 0 Å². The monoisotopic (exact) mass is 402 g/mol. The first-order valence-electron chi connectivity index (χ1n) is 9.51. The summed E-state index contributed by atoms with van der Waals surface area (Å²) in [5, 5.41) is 0.697. The zero-order chi connectivity index (χ0) is 21.1. The summed E-state index contributed by atoms with van der Waals surface area (Å²) in [6.45, 7) is 2.46. The minimum atomic E-state index is 0.373. The molecule has 0 saturated carbocycles. The van der Waals surface area contributed by atoms with E-state index < -0.39 is 0 Å². The number of ether oxygens (including phenoxy) is 3. The Balaban J connectivity index is 1.94. The van der Waals surface area contributed by atoms with E-state index >= 15 is 0 Å². The zero-order valence-corrected chi connectivity index (χ0v) is 17.0. The van der Waals surface area contributed by atoms with Crippen molar-refractivity contribution in [2.24, 2.45) is 0 Å². The normalized spacial score (nSPS) is 10.8. The number of fused-ring (bicyclic) bond motifs is 1. The van der Waals surface area contributed by atoms with Crippen molar-refractivity contribution in [1.82, 2.24) is 15.0 Å². The number of aromatic nitrogens is 3. The lowest BCUT2D eigenvalue weighted by molar-refractivity contribution is 0.311. The second-order valence-electron chi connectivity index (χ2n) is 6.54. The number of pyridine rings is 1. The fourth-order valence-electron chi connectivity index (χ4n) is 3.34. The van der Waals surface area contributed by atoms with E-state index in [0.717, 1.165) is 28.1 Å². The summed E-state index contributed by atoms with van der Waals surface area (Å²) < 4.78 is 16.4. The molecule has 0 bridgehead atoms. The molecule has 0 saturated heterocycles. The van der Waals surface area contributed by atoms with Crippen LogP contribution in [0.1, 0.15) is 6.92 Å². The fraction of sp³-hybridized carbons (Fsp3) is 0.174. The highest BCUT2D eigenvalue weighted by atomic mass is 16.5. The minimum absolute atomic E-state index is 0.373. The highest BCUT2D eigenvalue weighted by molar-refractivity contribution is 6.01. The Labute approximate surface area is 174 Å². The van der Waals surface area contributed by atoms with Gasteiger partial charge in [-0.1, -0.05) is 6.07 Å². The molecule has 7 heteroatoms. The molecule has 0 unspecified atom stereocenters. The third kappa shape index (κ3) is 3.57. The number of rotatable bonds is 6. The second kappa shape index (κ2) is 8.24. The maximum atomic E-state index is 6.21. The first kappa shape index (κ1) is 19.4. The summed E-state index contributed by atoms with van der Waals surface area (Å²) in [4.78, 5) is 13.2. The molecular formula is C23H22N4O3. The quantitative estimate of drug-likeness (QED) is 0.512. The van der Waals surface area contributed by atoms with Gasteiger partial charge in [0, 0.05) is 5.56 Å². The van der Waals surface area contributed by atoms with Crippen LogP contribution in [0.15, 0.2) is 54.9 Å². The maximum Gasteiger partial charge on any atom is 0.165 e. The molecule has 2 aromatic carbocycles. The van der Waals surface area contributed by atoms with Gasteiger partial charge in [0.15, 0.2) is 17.1 Å². The van der Waals surface area contributed by atoms with Crippen LogP contribution in [0.2, 0.25) is 0 Å². The van der Waals surface area contributed by atoms with E-state index in [9.17, 15) is 0 Å². The van der Waals surface area contributed by atoms with Crippen LogP contribution in [0.5, 0.6) is 17.2 Å². The van der Waals surface area contributed by atoms with E-state index in [1.807, 2.05) is 55.5 Å². The second-order valence-corrected chi connectivity index (χ2v) is 6.54. The molecule has 0 aliphatic carbocycles. The van der Waals surface area contributed by atoms with Gasteiger partial charge < -0.3 is 19.9 Å². The van der Waals surface area contributed by atoms with Crippen LogP contribution in [0.25, 0.3) is 33.4 Å². The van der Waals surface area contributed by atoms with Crippen molar-refractivity contribution in [1.29, 1.82) is 0 Å². The van der Waals surface area contributed by atoms with Crippen LogP contribution in [0.4, 0.5) is 5.82 Å². The lowest BCUT2D eigenvalue weighted by atomic mass is 9.99. The molecule has 0 radical (unpaired) electrons. The van der Waals surface area contributed by atoms with Crippen LogP contribution in [-0.4, -0.2) is 35.8 Å². The van der Waals surface area contributed by atoms with Crippen molar-refractivity contribution in [3.05, 3.63) is 54.9 Å². The molecule has 0 atom stereocenters. The number of hydrogen-bond donors (Lipinski definition) is 1. The topological polar surface area (TPSA) is 92.4 Å². The number of anilines is 1. The van der Waals surface area contributed by atoms with E-state index in [0.29, 0.717) is 35.0 Å². The summed E-state index contributed by atoms with van der Waals surface area (Å²) in [6.07, 6.45) is 1.42. The van der Waals surface area contributed by atoms with Crippen LogP contribution < -0.4 is 19.9 Å². The van der Waals surface area contributed by atoms with Gasteiger partial charge in [-0.25, -0.2) is 15.0 Å². The van der Waals surface area contributed by atoms with Crippen molar-refractivity contribution >= 4 is 16.9 Å². The predicted molar refractivity (Wildman–Crippen MR) is 117 cm³/mol. The van der Waals surface area contributed by atoms with Gasteiger partial charge in [0.1, 0.15) is 17.9 Å². The van der Waals surface area contributed by atoms with Gasteiger partial charge in [-0.05, 0) is 60.5 Å². The van der Waals surface area contributed by atoms with Crippen molar-refractivity contribution < 1.29 is 14.2 Å². The van der Waals surface area contributed by atoms with Gasteiger partial charge in [0.25, 0.3) is 0 Å². The number of nitrogen functional groups attached to an aromatic ring is 1. The molecule has 2 N–H and O–H groups in total. The Morgan fingerprint density at radius 3 is 2.33 bits per heavy atom. The van der Waals surface area contributed by atoms with E-state index in [1.165, 1.54) is 6.33 Å². The van der Waals surface area contributed by atoms with Gasteiger partial charge in [0.2, 0.25) is 0 Å². The molecule has 2 heterocycles. The Bertz CT molecular complexity index is 1190. The summed E-state index contributed by atoms with van der Waals surface area (Å²) in [5.74, 6) is 2.47. The molecule has 0 spiro atoms. The Morgan fingerprint density at radius 2 is 1.63 bits per heavy atom. The first-order chi connectivity index (χ1) is 14.6. The van der Waals surface area contributed by atoms with Crippen LogP contribution in [-0.2, 0) is 0 Å². The van der Waals surface area contributed by atoms with Crippen molar-refractivity contribution in [2.45, 2.75) is 6.92 Å². The Hall–Kier alpha value is -3.87. The van der Waals surface area contributed by atoms with Crippen LogP contribution >= 0.6 is 0 Å². The number of benzene rings is 2. The molecule has 7 nitrogen and oxygen atoms in total. The van der Waals surface area contributed by atoms with E-state index in [2.05, 4.69) is 9.97 Å². The average molecular weight is 402 g/mol. The Morgan fingerprint density at radius 1 is 0.867 bits per heavy atom. The molecule has 0 aliphatic heterocycles. The van der Waals surface area contributed by atoms with Crippen LogP contribution in [0.3, 0.4) is 0 Å². The highest BCUT2D eigenvalue weighted by Gasteiger charge is 2.16. The minimum Gasteiger partial charge on any atom is -0.497 e. The summed E-state index contributed by atoms with van der Waals surface area (Å²) >= 11 is 0. The van der Waals surface area contributed by atoms with Crippen molar-refractivity contribution in [3.8, 4) is 39.6 Å². The van der Waals surface area contributed by atoms with Gasteiger partial charge >= 0.3 is 0 Å². The molecular weight excluding hydrogens is 380 g/mol. The maximum absolute atomic E-state index is 6.21. The smallest absolute Gasteiger partial charge is 0.165 e. The summed E-state index contributed by atoms with van der Waals surface area (Å²) in [7, 11) is 3.26. The van der Waals surface area contributed by atoms with Crippen molar-refractivity contribution in [2.75, 3.05) is 26.6 Å². The summed E-state index contributed by atoms with van der Waals surface area (Å²) in [6, 6.07) is 15.5. The van der Waals surface area contributed by atoms with Gasteiger partial charge in [-0.15, -0.1) is 0 Å². The molecule has 0 aliphatic rings. The standard InChI is InChI=1S/C23H22N4O3/c1-4-30-20-11-15(7-10-19(20)29-3)17-12-18(14-5-8-16(28-2)9-6-14)27-23-21(17)22(24)25-13-26-23/h5-13H,4H2,1-3H3,(H2,24,25,26,27). The van der Waals surface area contributed by atoms with Gasteiger partial charge in [-0.2, -0.15) is 0 Å². The molecule has 30 heavy (non-hydrogen) atoms. The number of nitrogens with two attached hydrogens (primary N) is 1. The summed E-state index contributed by atoms with van der Waals surface area (Å²) in [5.41, 5.74) is 10.2. The zero-order valence-electron chi connectivity index (χ0n) is 17.0. The fourth-order valence-corrected chi connectivity index (χ4v) is 3.34. The SMILES string of the molecule is CCOc1cc(-c2cc(-c3ccc(OC)cc3)nc3ncnc(N)c23)ccc1OC. The lowest BCUT2D eigenvalue weighted by Crippen LogP contribution is -2.00. The average Bonchev–Trinajstić information content (AvgIpc) is 2.79.